The molecule has 1 aliphatic carbocycles. The van der Waals surface area contributed by atoms with Crippen LogP contribution in [-0.4, -0.2) is 29.8 Å². The fourth-order valence-electron chi connectivity index (χ4n) is 4.73. The first kappa shape index (κ1) is 25.8. The number of Topliss-reactive ketones (excluding diaryl/α,β-unsaturated/α-hetero) is 1. The first-order chi connectivity index (χ1) is 17.2. The Morgan fingerprint density at radius 3 is 2.17 bits per heavy atom. The molecule has 0 saturated heterocycles. The molecule has 0 N–H and O–H groups in total. The Labute approximate surface area is 217 Å². The first-order valence-electron chi connectivity index (χ1n) is 12.6. The number of nitrogens with zero attached hydrogens (tertiary/aromatic N) is 1. The molecule has 1 amide bonds. The molecule has 1 aromatic heterocycles. The van der Waals surface area contributed by atoms with Gasteiger partial charge in [0, 0.05) is 22.4 Å². The van der Waals surface area contributed by atoms with Gasteiger partial charge in [-0.15, -0.1) is 11.3 Å². The fourth-order valence-corrected chi connectivity index (χ4v) is 5.95. The van der Waals surface area contributed by atoms with Gasteiger partial charge in [-0.05, 0) is 77.1 Å². The molecule has 1 aliphatic rings. The fraction of sp³-hybridized carbons (Fsp3) is 0.367. The maximum absolute atomic E-state index is 14.0. The summed E-state index contributed by atoms with van der Waals surface area (Å²) in [5.74, 6) is -0.335. The quantitative estimate of drug-likeness (QED) is 0.323. The van der Waals surface area contributed by atoms with Gasteiger partial charge in [-0.2, -0.15) is 0 Å². The smallest absolute Gasteiger partial charge is 0.341 e. The lowest BCUT2D eigenvalue weighted by atomic mass is 9.83. The number of amides is 1. The van der Waals surface area contributed by atoms with Crippen molar-refractivity contribution >= 4 is 34.0 Å². The Morgan fingerprint density at radius 2 is 1.58 bits per heavy atom. The summed E-state index contributed by atoms with van der Waals surface area (Å²) in [6, 6.07) is 19.1. The van der Waals surface area contributed by atoms with Gasteiger partial charge >= 0.3 is 5.97 Å². The van der Waals surface area contributed by atoms with Crippen molar-refractivity contribution in [2.75, 3.05) is 4.90 Å². The van der Waals surface area contributed by atoms with Gasteiger partial charge in [0.1, 0.15) is 10.8 Å². The maximum atomic E-state index is 14.0. The maximum Gasteiger partial charge on any atom is 0.341 e. The van der Waals surface area contributed by atoms with Crippen molar-refractivity contribution in [2.24, 2.45) is 5.92 Å². The van der Waals surface area contributed by atoms with E-state index in [9.17, 15) is 14.4 Å². The molecule has 0 unspecified atom stereocenters. The number of benzene rings is 2. The van der Waals surface area contributed by atoms with Crippen LogP contribution in [0.3, 0.4) is 0 Å². The second-order valence-electron chi connectivity index (χ2n) is 9.81. The van der Waals surface area contributed by atoms with E-state index in [0.717, 1.165) is 28.8 Å². The number of esters is 1. The van der Waals surface area contributed by atoms with Crippen LogP contribution in [-0.2, 0) is 9.53 Å². The summed E-state index contributed by atoms with van der Waals surface area (Å²) in [6.07, 6.45) is 2.61. The third kappa shape index (κ3) is 5.76. The predicted octanol–water partition coefficient (Wildman–Crippen LogP) is 7.08. The van der Waals surface area contributed by atoms with E-state index in [4.69, 9.17) is 4.74 Å². The van der Waals surface area contributed by atoms with E-state index in [1.54, 1.807) is 11.8 Å². The summed E-state index contributed by atoms with van der Waals surface area (Å²) in [5.41, 5.74) is 3.04. The van der Waals surface area contributed by atoms with E-state index in [0.29, 0.717) is 29.0 Å². The van der Waals surface area contributed by atoms with Gasteiger partial charge in [0.05, 0.1) is 11.7 Å². The van der Waals surface area contributed by atoms with E-state index in [-0.39, 0.29) is 29.8 Å². The Morgan fingerprint density at radius 1 is 0.944 bits per heavy atom. The van der Waals surface area contributed by atoms with Gasteiger partial charge in [-0.25, -0.2) is 4.79 Å². The molecule has 3 aromatic rings. The number of aryl methyl sites for hydroxylation is 1. The van der Waals surface area contributed by atoms with Gasteiger partial charge in [0.25, 0.3) is 5.91 Å². The Bertz CT molecular complexity index is 1220. The molecule has 0 spiro atoms. The highest BCUT2D eigenvalue weighted by Gasteiger charge is 2.35. The van der Waals surface area contributed by atoms with Crippen molar-refractivity contribution in [3.05, 3.63) is 77.4 Å². The van der Waals surface area contributed by atoms with Crippen molar-refractivity contribution in [1.29, 1.82) is 0 Å². The van der Waals surface area contributed by atoms with Gasteiger partial charge in [0.2, 0.25) is 0 Å². The summed E-state index contributed by atoms with van der Waals surface area (Å²) in [6.45, 7) is 7.27. The Hall–Kier alpha value is -3.25. The highest BCUT2D eigenvalue weighted by atomic mass is 32.1. The van der Waals surface area contributed by atoms with Crippen LogP contribution in [0.2, 0.25) is 0 Å². The third-order valence-electron chi connectivity index (χ3n) is 6.71. The van der Waals surface area contributed by atoms with Gasteiger partial charge < -0.3 is 4.74 Å². The molecule has 1 heterocycles. The minimum Gasteiger partial charge on any atom is -0.459 e. The second-order valence-corrected chi connectivity index (χ2v) is 10.8. The molecular formula is C30H33NO4S. The largest absolute Gasteiger partial charge is 0.459 e. The zero-order valence-electron chi connectivity index (χ0n) is 21.3. The van der Waals surface area contributed by atoms with Crippen LogP contribution >= 0.6 is 11.3 Å². The van der Waals surface area contributed by atoms with Crippen molar-refractivity contribution in [1.82, 2.24) is 0 Å². The molecule has 5 nitrogen and oxygen atoms in total. The van der Waals surface area contributed by atoms with Crippen LogP contribution in [0, 0.1) is 12.8 Å². The molecule has 6 heteroatoms. The number of thiophene rings is 1. The average molecular weight is 504 g/mol. The van der Waals surface area contributed by atoms with Gasteiger partial charge in [0.15, 0.2) is 0 Å². The summed E-state index contributed by atoms with van der Waals surface area (Å²) in [4.78, 5) is 42.0. The van der Waals surface area contributed by atoms with Crippen LogP contribution in [0.4, 0.5) is 5.00 Å². The van der Waals surface area contributed by atoms with Gasteiger partial charge in [-0.1, -0.05) is 48.0 Å². The normalized spacial score (nSPS) is 17.6. The number of carbonyl (C=O) groups excluding carboxylic acids is 3. The lowest BCUT2D eigenvalue weighted by Gasteiger charge is -2.36. The molecule has 1 fully saturated rings. The van der Waals surface area contributed by atoms with E-state index in [1.165, 1.54) is 11.3 Å². The molecule has 0 aliphatic heterocycles. The van der Waals surface area contributed by atoms with Crippen LogP contribution in [0.25, 0.3) is 10.4 Å². The SMILES string of the molecule is CC(=O)C1CCC(N(C(=O)c2ccc(C)cc2)c2sc(-c3ccccc3)cc2C(=O)OC(C)C)CC1. The minimum absolute atomic E-state index is 0.0335. The number of anilines is 1. The molecule has 0 bridgehead atoms. The van der Waals surface area contributed by atoms with Gasteiger partial charge in [-0.3, -0.25) is 14.5 Å². The molecular weight excluding hydrogens is 470 g/mol. The number of hydrogen-bond donors (Lipinski definition) is 0. The monoisotopic (exact) mass is 503 g/mol. The summed E-state index contributed by atoms with van der Waals surface area (Å²) in [7, 11) is 0. The number of ketones is 1. The lowest BCUT2D eigenvalue weighted by molar-refractivity contribution is -0.121. The standard InChI is InChI=1S/C30H33NO4S/c1-19(2)35-30(34)26-18-27(23-8-6-5-7-9-23)36-29(26)31(25-16-14-22(15-17-25)21(4)32)28(33)24-12-10-20(3)11-13-24/h5-13,18-19,22,25H,14-17H2,1-4H3. The van der Waals surface area contributed by atoms with E-state index in [1.807, 2.05) is 81.4 Å². The average Bonchev–Trinajstić information content (AvgIpc) is 3.30. The highest BCUT2D eigenvalue weighted by Crippen LogP contribution is 2.42. The van der Waals surface area contributed by atoms with Crippen molar-refractivity contribution in [3.8, 4) is 10.4 Å². The molecule has 188 valence electrons. The van der Waals surface area contributed by atoms with E-state index >= 15 is 0 Å². The zero-order chi connectivity index (χ0) is 25.8. The van der Waals surface area contributed by atoms with Crippen LogP contribution < -0.4 is 4.90 Å². The molecule has 4 rings (SSSR count). The third-order valence-corrected chi connectivity index (χ3v) is 7.89. The van der Waals surface area contributed by atoms with Crippen molar-refractivity contribution in [2.45, 2.75) is 65.5 Å². The lowest BCUT2D eigenvalue weighted by Crippen LogP contribution is -2.43. The summed E-state index contributed by atoms with van der Waals surface area (Å²) < 4.78 is 5.60. The minimum atomic E-state index is -0.433. The molecule has 2 aromatic carbocycles. The summed E-state index contributed by atoms with van der Waals surface area (Å²) in [5, 5.41) is 0.608. The first-order valence-corrected chi connectivity index (χ1v) is 13.4. The van der Waals surface area contributed by atoms with Crippen molar-refractivity contribution in [3.63, 3.8) is 0 Å². The molecule has 0 radical (unpaired) electrons. The second kappa shape index (κ2) is 11.2. The number of rotatable bonds is 7. The van der Waals surface area contributed by atoms with E-state index < -0.39 is 5.97 Å². The predicted molar refractivity (Wildman–Crippen MR) is 145 cm³/mol. The summed E-state index contributed by atoms with van der Waals surface area (Å²) >= 11 is 1.44. The molecule has 36 heavy (non-hydrogen) atoms. The zero-order valence-corrected chi connectivity index (χ0v) is 22.1. The Balaban J connectivity index is 1.81. The van der Waals surface area contributed by atoms with Crippen LogP contribution in [0.1, 0.15) is 72.7 Å². The van der Waals surface area contributed by atoms with Crippen molar-refractivity contribution < 1.29 is 19.1 Å². The highest BCUT2D eigenvalue weighted by molar-refractivity contribution is 7.20. The van der Waals surface area contributed by atoms with Crippen LogP contribution in [0.5, 0.6) is 0 Å². The number of hydrogen-bond acceptors (Lipinski definition) is 5. The number of carbonyl (C=O) groups is 3. The molecule has 0 atom stereocenters. The van der Waals surface area contributed by atoms with Crippen LogP contribution in [0.15, 0.2) is 60.7 Å². The topological polar surface area (TPSA) is 63.7 Å². The number of ether oxygens (including phenoxy) is 1. The molecule has 1 saturated carbocycles. The van der Waals surface area contributed by atoms with E-state index in [2.05, 4.69) is 0 Å². The Kier molecular flexibility index (Phi) is 8.04.